The van der Waals surface area contributed by atoms with Crippen LogP contribution in [0.25, 0.3) is 10.9 Å². The quantitative estimate of drug-likeness (QED) is 0.666. The van der Waals surface area contributed by atoms with Gasteiger partial charge in [-0.25, -0.2) is 14.4 Å². The minimum Gasteiger partial charge on any atom is -0.322 e. The number of hydrogen-bond donors (Lipinski definition) is 0. The van der Waals surface area contributed by atoms with E-state index in [-0.39, 0.29) is 0 Å². The standard InChI is InChI=1S/C18H13F3N4S/c1-11-9-25(10-26-11)16-13-4-2-3-5-14(13)23-17(24-16)18(20,21)15-7-6-12(19)8-22-15/h2-9H,10H2,1H3. The largest absolute Gasteiger partial charge is 0.348 e. The second-order valence-electron chi connectivity index (χ2n) is 5.81. The molecule has 0 bridgehead atoms. The summed E-state index contributed by atoms with van der Waals surface area (Å²) in [6.07, 6.45) is 2.63. The van der Waals surface area contributed by atoms with E-state index in [1.54, 1.807) is 30.0 Å². The summed E-state index contributed by atoms with van der Waals surface area (Å²) in [7, 11) is 0. The zero-order valence-corrected chi connectivity index (χ0v) is 14.5. The molecule has 3 heterocycles. The lowest BCUT2D eigenvalue weighted by atomic mass is 10.1. The molecule has 0 aliphatic carbocycles. The lowest BCUT2D eigenvalue weighted by molar-refractivity contribution is 0.0284. The minimum atomic E-state index is -3.54. The summed E-state index contributed by atoms with van der Waals surface area (Å²) in [6.45, 7) is 1.95. The molecule has 1 aliphatic heterocycles. The third-order valence-corrected chi connectivity index (χ3v) is 4.92. The number of hydrogen-bond acceptors (Lipinski definition) is 5. The molecule has 0 saturated heterocycles. The topological polar surface area (TPSA) is 41.9 Å². The maximum absolute atomic E-state index is 14.9. The van der Waals surface area contributed by atoms with Crippen LogP contribution in [-0.2, 0) is 5.92 Å². The zero-order valence-electron chi connectivity index (χ0n) is 13.7. The van der Waals surface area contributed by atoms with Crippen molar-refractivity contribution in [1.29, 1.82) is 0 Å². The van der Waals surface area contributed by atoms with Gasteiger partial charge in [0.05, 0.1) is 17.6 Å². The maximum atomic E-state index is 14.9. The van der Waals surface area contributed by atoms with E-state index >= 15 is 0 Å². The number of aromatic nitrogens is 3. The van der Waals surface area contributed by atoms with Crippen LogP contribution in [0.15, 0.2) is 53.7 Å². The Morgan fingerprint density at radius 1 is 1.12 bits per heavy atom. The molecule has 0 amide bonds. The average molecular weight is 374 g/mol. The summed E-state index contributed by atoms with van der Waals surface area (Å²) in [5.74, 6) is -3.88. The van der Waals surface area contributed by atoms with Crippen LogP contribution in [0.3, 0.4) is 0 Å². The normalized spacial score (nSPS) is 14.8. The first-order chi connectivity index (χ1) is 12.4. The molecular formula is C18H13F3N4S. The van der Waals surface area contributed by atoms with Crippen molar-refractivity contribution in [1.82, 2.24) is 15.0 Å². The highest BCUT2D eigenvalue weighted by molar-refractivity contribution is 8.03. The van der Waals surface area contributed by atoms with Gasteiger partial charge in [0, 0.05) is 11.6 Å². The Balaban J connectivity index is 1.89. The fourth-order valence-electron chi connectivity index (χ4n) is 2.68. The monoisotopic (exact) mass is 374 g/mol. The van der Waals surface area contributed by atoms with Crippen LogP contribution in [0.5, 0.6) is 0 Å². The molecule has 0 unspecified atom stereocenters. The molecule has 8 heteroatoms. The molecule has 1 aliphatic rings. The summed E-state index contributed by atoms with van der Waals surface area (Å²) in [6, 6.07) is 8.91. The second-order valence-corrected chi connectivity index (χ2v) is 7.00. The molecule has 26 heavy (non-hydrogen) atoms. The third-order valence-electron chi connectivity index (χ3n) is 3.95. The average Bonchev–Trinajstić information content (AvgIpc) is 3.07. The number of allylic oxidation sites excluding steroid dienone is 1. The number of nitrogens with zero attached hydrogens (tertiary/aromatic N) is 4. The first-order valence-corrected chi connectivity index (χ1v) is 8.78. The Kier molecular flexibility index (Phi) is 4.07. The van der Waals surface area contributed by atoms with Crippen molar-refractivity contribution in [3.8, 4) is 0 Å². The predicted octanol–water partition coefficient (Wildman–Crippen LogP) is 4.68. The molecule has 0 atom stereocenters. The van der Waals surface area contributed by atoms with Gasteiger partial charge in [0.25, 0.3) is 0 Å². The van der Waals surface area contributed by atoms with Crippen molar-refractivity contribution in [2.24, 2.45) is 0 Å². The zero-order chi connectivity index (χ0) is 18.3. The van der Waals surface area contributed by atoms with Crippen LogP contribution >= 0.6 is 11.8 Å². The van der Waals surface area contributed by atoms with Gasteiger partial charge in [-0.15, -0.1) is 11.8 Å². The summed E-state index contributed by atoms with van der Waals surface area (Å²) >= 11 is 1.61. The number of pyridine rings is 1. The summed E-state index contributed by atoms with van der Waals surface area (Å²) in [5, 5.41) is 0.686. The molecule has 0 fully saturated rings. The summed E-state index contributed by atoms with van der Waals surface area (Å²) < 4.78 is 42.9. The lowest BCUT2D eigenvalue weighted by Crippen LogP contribution is -2.23. The van der Waals surface area contributed by atoms with E-state index in [0.29, 0.717) is 22.6 Å². The van der Waals surface area contributed by atoms with Crippen molar-refractivity contribution >= 4 is 28.5 Å². The molecule has 2 aromatic heterocycles. The van der Waals surface area contributed by atoms with Crippen LogP contribution in [-0.4, -0.2) is 20.8 Å². The third kappa shape index (κ3) is 2.90. The number of alkyl halides is 2. The van der Waals surface area contributed by atoms with Crippen molar-refractivity contribution in [3.05, 3.63) is 71.0 Å². The van der Waals surface area contributed by atoms with Crippen LogP contribution in [0.2, 0.25) is 0 Å². The fraction of sp³-hybridized carbons (Fsp3) is 0.167. The molecule has 4 rings (SSSR count). The van der Waals surface area contributed by atoms with E-state index < -0.39 is 23.3 Å². The Bertz CT molecular complexity index is 1000. The Labute approximate surface area is 151 Å². The van der Waals surface area contributed by atoms with Gasteiger partial charge in [0.2, 0.25) is 5.82 Å². The molecule has 4 nitrogen and oxygen atoms in total. The van der Waals surface area contributed by atoms with Crippen LogP contribution in [0, 0.1) is 5.82 Å². The lowest BCUT2D eigenvalue weighted by Gasteiger charge is -2.20. The molecule has 3 aromatic rings. The molecule has 132 valence electrons. The van der Waals surface area contributed by atoms with Gasteiger partial charge in [-0.1, -0.05) is 12.1 Å². The molecule has 0 radical (unpaired) electrons. The van der Waals surface area contributed by atoms with Crippen LogP contribution < -0.4 is 4.90 Å². The maximum Gasteiger partial charge on any atom is 0.348 e. The Hall–Kier alpha value is -2.61. The van der Waals surface area contributed by atoms with Crippen molar-refractivity contribution in [2.45, 2.75) is 12.8 Å². The molecule has 0 spiro atoms. The highest BCUT2D eigenvalue weighted by Gasteiger charge is 2.40. The number of rotatable bonds is 3. The minimum absolute atomic E-state index is 0.414. The van der Waals surface area contributed by atoms with Crippen molar-refractivity contribution in [2.75, 3.05) is 10.8 Å². The number of halogens is 3. The Morgan fingerprint density at radius 2 is 1.92 bits per heavy atom. The second kappa shape index (κ2) is 6.28. The van der Waals surface area contributed by atoms with E-state index in [4.69, 9.17) is 0 Å². The summed E-state index contributed by atoms with van der Waals surface area (Å²) in [4.78, 5) is 14.6. The number of anilines is 1. The number of benzene rings is 1. The molecule has 1 aromatic carbocycles. The molecule has 0 saturated carbocycles. The van der Waals surface area contributed by atoms with E-state index in [9.17, 15) is 13.2 Å². The first-order valence-electron chi connectivity index (χ1n) is 7.80. The number of fused-ring (bicyclic) bond motifs is 1. The van der Waals surface area contributed by atoms with Gasteiger partial charge in [0.1, 0.15) is 17.3 Å². The van der Waals surface area contributed by atoms with E-state index in [0.717, 1.165) is 23.2 Å². The number of para-hydroxylation sites is 1. The fourth-order valence-corrected chi connectivity index (χ4v) is 3.42. The highest BCUT2D eigenvalue weighted by atomic mass is 32.2. The molecule has 0 N–H and O–H groups in total. The SMILES string of the molecule is CC1=CN(c2nc(C(F)(F)c3ccc(F)cn3)nc3ccccc23)CS1. The van der Waals surface area contributed by atoms with Gasteiger partial charge in [-0.3, -0.25) is 4.98 Å². The van der Waals surface area contributed by atoms with Crippen LogP contribution in [0.1, 0.15) is 18.4 Å². The predicted molar refractivity (Wildman–Crippen MR) is 95.4 cm³/mol. The van der Waals surface area contributed by atoms with Gasteiger partial charge in [0.15, 0.2) is 0 Å². The number of thioether (sulfide) groups is 1. The Morgan fingerprint density at radius 3 is 2.62 bits per heavy atom. The molecular weight excluding hydrogens is 361 g/mol. The van der Waals surface area contributed by atoms with Gasteiger partial charge in [-0.2, -0.15) is 8.78 Å². The van der Waals surface area contributed by atoms with E-state index in [1.165, 1.54) is 0 Å². The van der Waals surface area contributed by atoms with Crippen molar-refractivity contribution < 1.29 is 13.2 Å². The van der Waals surface area contributed by atoms with E-state index in [1.807, 2.05) is 24.1 Å². The van der Waals surface area contributed by atoms with Crippen molar-refractivity contribution in [3.63, 3.8) is 0 Å². The van der Waals surface area contributed by atoms with Gasteiger partial charge >= 0.3 is 5.92 Å². The summed E-state index contributed by atoms with van der Waals surface area (Å²) in [5.41, 5.74) is -0.181. The first kappa shape index (κ1) is 16.8. The van der Waals surface area contributed by atoms with E-state index in [2.05, 4.69) is 15.0 Å². The smallest absolute Gasteiger partial charge is 0.322 e. The van der Waals surface area contributed by atoms with Gasteiger partial charge < -0.3 is 4.90 Å². The van der Waals surface area contributed by atoms with Crippen LogP contribution in [0.4, 0.5) is 19.0 Å². The highest BCUT2D eigenvalue weighted by Crippen LogP contribution is 2.37. The van der Waals surface area contributed by atoms with Gasteiger partial charge in [-0.05, 0) is 36.1 Å².